The Morgan fingerprint density at radius 2 is 1.57 bits per heavy atom. The van der Waals surface area contributed by atoms with Crippen LogP contribution in [-0.4, -0.2) is 13.3 Å². The van der Waals surface area contributed by atoms with Crippen LogP contribution in [0.15, 0.2) is 126 Å². The number of para-hydroxylation sites is 2. The second-order valence-electron chi connectivity index (χ2n) is 11.7. The lowest BCUT2D eigenvalue weighted by Crippen LogP contribution is -2.55. The van der Waals surface area contributed by atoms with Crippen molar-refractivity contribution in [2.75, 3.05) is 16.4 Å². The van der Waals surface area contributed by atoms with Crippen LogP contribution >= 0.6 is 11.3 Å². The standard InChI is InChI=1S/C37H29BN2OS/c1-24-19-33-36-34(20-24)40(27-15-9-4-10-16-27)32-22-35-28(29(23-42-35)25-11-5-2-6-12-25)21-30(32)38(36)37-31(17-18-41-37)39(33)26-13-7-3-8-14-26/h2-11,13-16,19-23,25H,12,17-18H2,1H3. The minimum absolute atomic E-state index is 0.0574. The minimum atomic E-state index is 0.0574. The molecule has 3 aliphatic heterocycles. The highest BCUT2D eigenvalue weighted by Gasteiger charge is 2.47. The lowest BCUT2D eigenvalue weighted by atomic mass is 9.35. The number of rotatable bonds is 3. The molecule has 9 rings (SSSR count). The summed E-state index contributed by atoms with van der Waals surface area (Å²) in [5.74, 6) is 0.415. The van der Waals surface area contributed by atoms with Crippen LogP contribution in [-0.2, 0) is 4.74 Å². The zero-order valence-corrected chi connectivity index (χ0v) is 24.3. The summed E-state index contributed by atoms with van der Waals surface area (Å²) < 4.78 is 7.97. The molecule has 1 atom stereocenters. The smallest absolute Gasteiger partial charge is 0.295 e. The molecule has 1 aliphatic carbocycles. The fraction of sp³-hybridized carbons (Fsp3) is 0.135. The first kappa shape index (κ1) is 24.2. The highest BCUT2D eigenvalue weighted by Crippen LogP contribution is 2.48. The molecule has 4 aliphatic rings. The SMILES string of the molecule is Cc1cc2c3c(c1)N(c1ccccc1)c1cc4scc(C5C=CC=CC5)c4cc1B3C1=C(CCO1)N2c1ccccc1. The van der Waals surface area contributed by atoms with Gasteiger partial charge in [0.2, 0.25) is 0 Å². The van der Waals surface area contributed by atoms with E-state index in [1.54, 1.807) is 0 Å². The molecule has 4 aromatic carbocycles. The van der Waals surface area contributed by atoms with Gasteiger partial charge >= 0.3 is 0 Å². The highest BCUT2D eigenvalue weighted by molar-refractivity contribution is 7.17. The van der Waals surface area contributed by atoms with Crippen LogP contribution in [0.5, 0.6) is 0 Å². The van der Waals surface area contributed by atoms with E-state index in [1.807, 2.05) is 11.3 Å². The summed E-state index contributed by atoms with van der Waals surface area (Å²) in [6, 6.07) is 31.3. The van der Waals surface area contributed by atoms with Crippen LogP contribution in [0.1, 0.15) is 29.9 Å². The van der Waals surface area contributed by atoms with Crippen molar-refractivity contribution in [3.63, 3.8) is 0 Å². The van der Waals surface area contributed by atoms with Crippen LogP contribution < -0.4 is 20.7 Å². The Morgan fingerprint density at radius 1 is 0.833 bits per heavy atom. The molecule has 0 bridgehead atoms. The van der Waals surface area contributed by atoms with Gasteiger partial charge in [0.05, 0.1) is 18.0 Å². The minimum Gasteiger partial charge on any atom is -0.505 e. The Hall–Kier alpha value is -4.48. The van der Waals surface area contributed by atoms with Gasteiger partial charge in [-0.3, -0.25) is 0 Å². The van der Waals surface area contributed by atoms with Crippen molar-refractivity contribution in [1.82, 2.24) is 0 Å². The Morgan fingerprint density at radius 3 is 2.31 bits per heavy atom. The summed E-state index contributed by atoms with van der Waals surface area (Å²) in [7, 11) is 0. The Labute approximate surface area is 250 Å². The second kappa shape index (κ2) is 9.27. The molecule has 202 valence electrons. The Kier molecular flexibility index (Phi) is 5.33. The highest BCUT2D eigenvalue weighted by atomic mass is 32.1. The molecule has 1 unspecified atom stereocenters. The molecule has 0 spiro atoms. The predicted molar refractivity (Wildman–Crippen MR) is 178 cm³/mol. The van der Waals surface area contributed by atoms with Gasteiger partial charge in [-0.2, -0.15) is 0 Å². The Balaban J connectivity index is 1.36. The van der Waals surface area contributed by atoms with Gasteiger partial charge < -0.3 is 14.5 Å². The Bertz CT molecular complexity index is 1970. The predicted octanol–water partition coefficient (Wildman–Crippen LogP) is 8.52. The number of anilines is 5. The van der Waals surface area contributed by atoms with Gasteiger partial charge in [0.15, 0.2) is 0 Å². The molecule has 0 amide bonds. The maximum absolute atomic E-state index is 6.63. The summed E-state index contributed by atoms with van der Waals surface area (Å²) in [4.78, 5) is 4.95. The number of benzene rings is 4. The van der Waals surface area contributed by atoms with E-state index in [4.69, 9.17) is 4.74 Å². The van der Waals surface area contributed by atoms with E-state index in [2.05, 4.69) is 131 Å². The van der Waals surface area contributed by atoms with E-state index in [0.717, 1.165) is 25.1 Å². The first-order chi connectivity index (χ1) is 20.8. The first-order valence-corrected chi connectivity index (χ1v) is 15.7. The molecule has 0 fully saturated rings. The maximum Gasteiger partial charge on any atom is 0.295 e. The van der Waals surface area contributed by atoms with E-state index >= 15 is 0 Å². The van der Waals surface area contributed by atoms with Crippen LogP contribution in [0.25, 0.3) is 10.1 Å². The van der Waals surface area contributed by atoms with Crippen molar-refractivity contribution in [3.8, 4) is 0 Å². The van der Waals surface area contributed by atoms with Crippen molar-refractivity contribution in [2.45, 2.75) is 25.7 Å². The van der Waals surface area contributed by atoms with Crippen molar-refractivity contribution in [2.24, 2.45) is 0 Å². The van der Waals surface area contributed by atoms with Gasteiger partial charge in [0, 0.05) is 45.5 Å². The number of ether oxygens (including phenoxy) is 1. The van der Waals surface area contributed by atoms with Gasteiger partial charge in [-0.25, -0.2) is 0 Å². The second-order valence-corrected chi connectivity index (χ2v) is 12.6. The molecule has 0 radical (unpaired) electrons. The van der Waals surface area contributed by atoms with E-state index in [-0.39, 0.29) is 6.71 Å². The number of fused-ring (bicyclic) bond motifs is 4. The molecular weight excluding hydrogens is 531 g/mol. The van der Waals surface area contributed by atoms with Crippen molar-refractivity contribution in [3.05, 3.63) is 137 Å². The molecule has 5 aromatic rings. The van der Waals surface area contributed by atoms with Crippen LogP contribution in [0, 0.1) is 6.92 Å². The zero-order valence-electron chi connectivity index (χ0n) is 23.5. The van der Waals surface area contributed by atoms with Crippen molar-refractivity contribution < 1.29 is 4.74 Å². The maximum atomic E-state index is 6.63. The normalized spacial score (nSPS) is 18.3. The van der Waals surface area contributed by atoms with Crippen molar-refractivity contribution in [1.29, 1.82) is 0 Å². The fourth-order valence-corrected chi connectivity index (χ4v) is 8.45. The average Bonchev–Trinajstić information content (AvgIpc) is 3.68. The molecule has 4 heterocycles. The molecule has 0 saturated carbocycles. The molecule has 0 N–H and O–H groups in total. The lowest BCUT2D eigenvalue weighted by Gasteiger charge is -2.43. The topological polar surface area (TPSA) is 15.7 Å². The number of allylic oxidation sites excluding steroid dienone is 4. The summed E-state index contributed by atoms with van der Waals surface area (Å²) in [5.41, 5.74) is 13.9. The zero-order chi connectivity index (χ0) is 27.8. The van der Waals surface area contributed by atoms with Crippen LogP contribution in [0.2, 0.25) is 0 Å². The summed E-state index contributed by atoms with van der Waals surface area (Å²) in [5, 5.41) is 3.76. The number of hydrogen-bond donors (Lipinski definition) is 0. The monoisotopic (exact) mass is 560 g/mol. The van der Waals surface area contributed by atoms with Gasteiger partial charge in [0.1, 0.15) is 0 Å². The number of hydrogen-bond acceptors (Lipinski definition) is 4. The molecule has 5 heteroatoms. The molecule has 42 heavy (non-hydrogen) atoms. The summed E-state index contributed by atoms with van der Waals surface area (Å²) in [6.45, 7) is 3.00. The molecule has 3 nitrogen and oxygen atoms in total. The number of aryl methyl sites for hydroxylation is 1. The lowest BCUT2D eigenvalue weighted by molar-refractivity contribution is 0.266. The van der Waals surface area contributed by atoms with Crippen LogP contribution in [0.3, 0.4) is 0 Å². The molecule has 0 saturated heterocycles. The average molecular weight is 561 g/mol. The van der Waals surface area contributed by atoms with E-state index in [0.29, 0.717) is 5.92 Å². The fourth-order valence-electron chi connectivity index (χ4n) is 7.41. The van der Waals surface area contributed by atoms with Gasteiger partial charge in [-0.05, 0) is 88.6 Å². The number of nitrogens with zero attached hydrogens (tertiary/aromatic N) is 2. The quantitative estimate of drug-likeness (QED) is 0.206. The number of thiophene rings is 1. The molecule has 1 aromatic heterocycles. The van der Waals surface area contributed by atoms with Crippen LogP contribution in [0.4, 0.5) is 28.4 Å². The van der Waals surface area contributed by atoms with E-state index in [9.17, 15) is 0 Å². The third-order valence-electron chi connectivity index (χ3n) is 9.18. The van der Waals surface area contributed by atoms with Gasteiger partial charge in [0.25, 0.3) is 6.71 Å². The third kappa shape index (κ3) is 3.47. The first-order valence-electron chi connectivity index (χ1n) is 14.9. The van der Waals surface area contributed by atoms with Crippen molar-refractivity contribution >= 4 is 67.5 Å². The third-order valence-corrected chi connectivity index (χ3v) is 10.1. The summed E-state index contributed by atoms with van der Waals surface area (Å²) >= 11 is 1.87. The van der Waals surface area contributed by atoms with E-state index in [1.165, 1.54) is 66.3 Å². The van der Waals surface area contributed by atoms with Gasteiger partial charge in [-0.1, -0.05) is 66.8 Å². The van der Waals surface area contributed by atoms with E-state index < -0.39 is 0 Å². The largest absolute Gasteiger partial charge is 0.505 e. The summed E-state index contributed by atoms with van der Waals surface area (Å²) in [6.07, 6.45) is 11.0. The molecular formula is C37H29BN2OS. The van der Waals surface area contributed by atoms with Gasteiger partial charge in [-0.15, -0.1) is 11.3 Å².